The number of thioether (sulfide) groups is 1. The maximum Gasteiger partial charge on any atom is 0.0791 e. The van der Waals surface area contributed by atoms with Gasteiger partial charge in [0.1, 0.15) is 0 Å². The highest BCUT2D eigenvalue weighted by Gasteiger charge is 2.41. The molecule has 1 N–H and O–H groups in total. The predicted molar refractivity (Wildman–Crippen MR) is 86.3 cm³/mol. The van der Waals surface area contributed by atoms with Crippen molar-refractivity contribution in [1.82, 2.24) is 10.2 Å². The van der Waals surface area contributed by atoms with Gasteiger partial charge in [-0.1, -0.05) is 23.8 Å². The third-order valence-corrected chi connectivity index (χ3v) is 6.69. The minimum atomic E-state index is 0.692. The lowest BCUT2D eigenvalue weighted by Gasteiger charge is -2.33. The Kier molecular flexibility index (Phi) is 3.43. The molecule has 0 aromatic heterocycles. The Morgan fingerprint density at radius 2 is 2.40 bits per heavy atom. The summed E-state index contributed by atoms with van der Waals surface area (Å²) >= 11 is 2.16. The lowest BCUT2D eigenvalue weighted by Crippen LogP contribution is -2.35. The maximum absolute atomic E-state index is 3.56. The summed E-state index contributed by atoms with van der Waals surface area (Å²) in [7, 11) is 2.33. The Morgan fingerprint density at radius 1 is 1.45 bits per heavy atom. The summed E-state index contributed by atoms with van der Waals surface area (Å²) in [4.78, 5) is 4.28. The molecule has 0 aromatic carbocycles. The highest BCUT2D eigenvalue weighted by atomic mass is 32.2. The summed E-state index contributed by atoms with van der Waals surface area (Å²) in [6, 6.07) is 0. The second kappa shape index (κ2) is 5.27. The number of piperidine rings is 1. The Hall–Kier alpha value is -0.670. The van der Waals surface area contributed by atoms with Crippen LogP contribution in [0.5, 0.6) is 0 Å². The summed E-state index contributed by atoms with van der Waals surface area (Å²) in [5.74, 6) is 1.58. The molecule has 0 aromatic rings. The van der Waals surface area contributed by atoms with Gasteiger partial charge in [0.05, 0.1) is 5.37 Å². The van der Waals surface area contributed by atoms with Gasteiger partial charge in [0.15, 0.2) is 0 Å². The molecule has 3 atom stereocenters. The largest absolute Gasteiger partial charge is 0.364 e. The van der Waals surface area contributed by atoms with E-state index in [1.165, 1.54) is 45.2 Å². The summed E-state index contributed by atoms with van der Waals surface area (Å²) < 4.78 is 0. The van der Waals surface area contributed by atoms with Crippen LogP contribution in [-0.4, -0.2) is 30.4 Å². The van der Waals surface area contributed by atoms with Gasteiger partial charge in [-0.3, -0.25) is 0 Å². The molecule has 108 valence electrons. The zero-order valence-electron chi connectivity index (χ0n) is 12.3. The van der Waals surface area contributed by atoms with Gasteiger partial charge < -0.3 is 10.2 Å². The van der Waals surface area contributed by atoms with Gasteiger partial charge in [-0.15, -0.1) is 11.8 Å². The van der Waals surface area contributed by atoms with Crippen molar-refractivity contribution in [3.63, 3.8) is 0 Å². The van der Waals surface area contributed by atoms with Gasteiger partial charge in [-0.2, -0.15) is 0 Å². The topological polar surface area (TPSA) is 15.3 Å². The first-order valence-electron chi connectivity index (χ1n) is 8.02. The molecule has 4 rings (SSSR count). The number of allylic oxidation sites excluding steroid dienone is 5. The molecule has 0 radical (unpaired) electrons. The second-order valence-electron chi connectivity index (χ2n) is 6.57. The van der Waals surface area contributed by atoms with E-state index >= 15 is 0 Å². The van der Waals surface area contributed by atoms with Gasteiger partial charge >= 0.3 is 0 Å². The first-order valence-corrected chi connectivity index (χ1v) is 8.89. The van der Waals surface area contributed by atoms with E-state index in [-0.39, 0.29) is 0 Å². The van der Waals surface area contributed by atoms with Crippen LogP contribution in [0.15, 0.2) is 34.4 Å². The zero-order valence-corrected chi connectivity index (χ0v) is 13.1. The molecule has 1 fully saturated rings. The van der Waals surface area contributed by atoms with Crippen molar-refractivity contribution in [2.75, 3.05) is 20.1 Å². The number of hydrogen-bond donors (Lipinski definition) is 1. The Balaban J connectivity index is 1.45. The molecule has 4 aliphatic rings. The van der Waals surface area contributed by atoms with Crippen molar-refractivity contribution < 1.29 is 0 Å². The number of nitrogens with one attached hydrogen (secondary N) is 1. The first-order chi connectivity index (χ1) is 9.83. The lowest BCUT2D eigenvalue weighted by molar-refractivity contribution is 0.281. The van der Waals surface area contributed by atoms with Crippen LogP contribution < -0.4 is 5.32 Å². The predicted octanol–water partition coefficient (Wildman–Crippen LogP) is 3.50. The fraction of sp³-hybridized carbons (Fsp3) is 0.647. The van der Waals surface area contributed by atoms with E-state index in [9.17, 15) is 0 Å². The molecular formula is C17H24N2S. The van der Waals surface area contributed by atoms with E-state index in [2.05, 4.69) is 47.3 Å². The molecule has 20 heavy (non-hydrogen) atoms. The minimum absolute atomic E-state index is 0.692. The van der Waals surface area contributed by atoms with Crippen LogP contribution >= 0.6 is 11.8 Å². The molecule has 3 unspecified atom stereocenters. The first kappa shape index (κ1) is 13.0. The molecule has 1 saturated heterocycles. The molecule has 2 aliphatic carbocycles. The zero-order chi connectivity index (χ0) is 13.5. The van der Waals surface area contributed by atoms with Crippen LogP contribution in [0.1, 0.15) is 32.1 Å². The normalized spacial score (nSPS) is 36.1. The summed E-state index contributed by atoms with van der Waals surface area (Å²) in [6.07, 6.45) is 13.5. The molecule has 2 nitrogen and oxygen atoms in total. The molecule has 2 aliphatic heterocycles. The van der Waals surface area contributed by atoms with Crippen molar-refractivity contribution in [3.8, 4) is 0 Å². The minimum Gasteiger partial charge on any atom is -0.364 e. The van der Waals surface area contributed by atoms with Crippen LogP contribution in [0.4, 0.5) is 0 Å². The van der Waals surface area contributed by atoms with Crippen molar-refractivity contribution in [1.29, 1.82) is 0 Å². The summed E-state index contributed by atoms with van der Waals surface area (Å²) in [5.41, 5.74) is 3.30. The van der Waals surface area contributed by atoms with Crippen molar-refractivity contribution in [2.24, 2.45) is 11.8 Å². The van der Waals surface area contributed by atoms with Crippen LogP contribution in [-0.2, 0) is 0 Å². The van der Waals surface area contributed by atoms with Gasteiger partial charge in [0.25, 0.3) is 0 Å². The molecule has 2 heterocycles. The third kappa shape index (κ3) is 2.15. The van der Waals surface area contributed by atoms with Crippen LogP contribution in [0.2, 0.25) is 0 Å². The quantitative estimate of drug-likeness (QED) is 0.837. The van der Waals surface area contributed by atoms with E-state index in [1.54, 1.807) is 16.2 Å². The molecule has 3 heteroatoms. The Labute approximate surface area is 126 Å². The van der Waals surface area contributed by atoms with Gasteiger partial charge in [-0.05, 0) is 44.7 Å². The smallest absolute Gasteiger partial charge is 0.0791 e. The number of fused-ring (bicyclic) bond motifs is 2. The molecular weight excluding hydrogens is 264 g/mol. The average Bonchev–Trinajstić information content (AvgIpc) is 2.98. The van der Waals surface area contributed by atoms with Crippen LogP contribution in [0.25, 0.3) is 0 Å². The number of nitrogens with zero attached hydrogens (tertiary/aromatic N) is 1. The van der Waals surface area contributed by atoms with Gasteiger partial charge in [-0.25, -0.2) is 0 Å². The van der Waals surface area contributed by atoms with Crippen molar-refractivity contribution in [3.05, 3.63) is 34.4 Å². The summed E-state index contributed by atoms with van der Waals surface area (Å²) in [5, 5.41) is 4.25. The lowest BCUT2D eigenvalue weighted by atomic mass is 9.91. The SMILES string of the molecule is CN1C2=C(CC3=CC=CCC32)SC1CC1CCCNC1. The molecule has 0 saturated carbocycles. The second-order valence-corrected chi connectivity index (χ2v) is 7.85. The fourth-order valence-corrected chi connectivity index (χ4v) is 5.80. The van der Waals surface area contributed by atoms with Crippen LogP contribution in [0, 0.1) is 11.8 Å². The van der Waals surface area contributed by atoms with E-state index in [1.807, 2.05) is 0 Å². The number of rotatable bonds is 2. The van der Waals surface area contributed by atoms with Crippen LogP contribution in [0.3, 0.4) is 0 Å². The molecule has 0 bridgehead atoms. The van der Waals surface area contributed by atoms with Gasteiger partial charge in [0, 0.05) is 30.0 Å². The van der Waals surface area contributed by atoms with Crippen molar-refractivity contribution >= 4 is 11.8 Å². The fourth-order valence-electron chi connectivity index (χ4n) is 4.17. The Morgan fingerprint density at radius 3 is 3.25 bits per heavy atom. The van der Waals surface area contributed by atoms with Crippen molar-refractivity contribution in [2.45, 2.75) is 37.5 Å². The van der Waals surface area contributed by atoms with E-state index in [4.69, 9.17) is 0 Å². The Bertz CT molecular complexity index is 485. The third-order valence-electron chi connectivity index (χ3n) is 5.27. The van der Waals surface area contributed by atoms with E-state index in [0.717, 1.165) is 5.92 Å². The maximum atomic E-state index is 3.56. The molecule has 0 amide bonds. The standard InChI is InChI=1S/C17H24N2S/c1-19-16(9-12-5-4-8-18-11-12)20-15-10-13-6-2-3-7-14(13)17(15)19/h2-3,6,12,14,16,18H,4-5,7-11H2,1H3. The van der Waals surface area contributed by atoms with E-state index < -0.39 is 0 Å². The monoisotopic (exact) mass is 288 g/mol. The number of hydrogen-bond acceptors (Lipinski definition) is 3. The highest BCUT2D eigenvalue weighted by molar-refractivity contribution is 8.03. The summed E-state index contributed by atoms with van der Waals surface area (Å²) in [6.45, 7) is 2.45. The highest BCUT2D eigenvalue weighted by Crippen LogP contribution is 2.54. The molecule has 0 spiro atoms. The van der Waals surface area contributed by atoms with E-state index in [0.29, 0.717) is 11.3 Å². The average molecular weight is 288 g/mol. The van der Waals surface area contributed by atoms with Gasteiger partial charge in [0.2, 0.25) is 0 Å².